The molecule has 2 aromatic rings. The fourth-order valence-electron chi connectivity index (χ4n) is 3.87. The van der Waals surface area contributed by atoms with Crippen molar-refractivity contribution in [1.82, 2.24) is 20.4 Å². The van der Waals surface area contributed by atoms with Crippen LogP contribution in [0, 0.1) is 6.92 Å². The molecule has 4 rings (SSSR count). The van der Waals surface area contributed by atoms with Crippen LogP contribution in [0.2, 0.25) is 5.15 Å². The van der Waals surface area contributed by atoms with Crippen molar-refractivity contribution in [3.63, 3.8) is 0 Å². The molecule has 0 bridgehead atoms. The second kappa shape index (κ2) is 7.02. The van der Waals surface area contributed by atoms with E-state index in [1.165, 1.54) is 11.1 Å². The van der Waals surface area contributed by atoms with Gasteiger partial charge < -0.3 is 15.3 Å². The van der Waals surface area contributed by atoms with Crippen LogP contribution in [0.1, 0.15) is 29.2 Å². The van der Waals surface area contributed by atoms with E-state index in [1.807, 2.05) is 12.1 Å². The van der Waals surface area contributed by atoms with Crippen LogP contribution in [0.5, 0.6) is 5.75 Å². The Hall–Kier alpha value is -1.89. The maximum absolute atomic E-state index is 9.80. The molecule has 0 aliphatic carbocycles. The fourth-order valence-corrected chi connectivity index (χ4v) is 4.08. The van der Waals surface area contributed by atoms with Gasteiger partial charge in [0, 0.05) is 56.4 Å². The van der Waals surface area contributed by atoms with E-state index in [0.29, 0.717) is 16.9 Å². The topological polar surface area (TPSA) is 64.5 Å². The maximum Gasteiger partial charge on any atom is 0.156 e. The smallest absolute Gasteiger partial charge is 0.156 e. The lowest BCUT2D eigenvalue weighted by Gasteiger charge is -2.35. The summed E-state index contributed by atoms with van der Waals surface area (Å²) in [7, 11) is 0. The molecule has 0 unspecified atom stereocenters. The molecule has 2 aliphatic heterocycles. The van der Waals surface area contributed by atoms with E-state index in [-0.39, 0.29) is 0 Å². The van der Waals surface area contributed by atoms with Gasteiger partial charge in [-0.15, -0.1) is 10.2 Å². The molecular formula is C19H24ClN5O. The third-order valence-electron chi connectivity index (χ3n) is 5.38. The lowest BCUT2D eigenvalue weighted by atomic mass is 10.1. The average molecular weight is 374 g/mol. The quantitative estimate of drug-likeness (QED) is 0.861. The van der Waals surface area contributed by atoms with Crippen molar-refractivity contribution in [2.24, 2.45) is 0 Å². The molecular weight excluding hydrogens is 350 g/mol. The monoisotopic (exact) mass is 373 g/mol. The van der Waals surface area contributed by atoms with Crippen LogP contribution in [0.25, 0.3) is 0 Å². The first kappa shape index (κ1) is 17.5. The van der Waals surface area contributed by atoms with Crippen LogP contribution >= 0.6 is 11.6 Å². The minimum atomic E-state index is 0.305. The normalized spacial score (nSPS) is 20.4. The van der Waals surface area contributed by atoms with E-state index in [1.54, 1.807) is 6.07 Å². The molecule has 1 atom stereocenters. The molecule has 0 amide bonds. The standard InChI is InChI=1S/C19H24ClN5O/c1-12-3-4-15(26)7-14(12)9-24-10-16-17(11-24)19(23-22-18(16)20)25-6-5-21-8-13(25)2/h3-4,7,13,21,26H,5-6,8-11H2,1-2H3/t13-/m0/s1. The number of hydrogen-bond donors (Lipinski definition) is 2. The highest BCUT2D eigenvalue weighted by Crippen LogP contribution is 2.35. The van der Waals surface area contributed by atoms with E-state index >= 15 is 0 Å². The van der Waals surface area contributed by atoms with Crippen LogP contribution in [0.15, 0.2) is 18.2 Å². The zero-order valence-electron chi connectivity index (χ0n) is 15.2. The zero-order valence-corrected chi connectivity index (χ0v) is 15.9. The number of fused-ring (bicyclic) bond motifs is 1. The summed E-state index contributed by atoms with van der Waals surface area (Å²) in [6, 6.07) is 5.91. The molecule has 2 aliphatic rings. The second-order valence-electron chi connectivity index (χ2n) is 7.27. The molecule has 3 heterocycles. The summed E-state index contributed by atoms with van der Waals surface area (Å²) in [5.74, 6) is 1.27. The van der Waals surface area contributed by atoms with Crippen molar-refractivity contribution in [3.05, 3.63) is 45.6 Å². The summed E-state index contributed by atoms with van der Waals surface area (Å²) in [4.78, 5) is 4.67. The number of rotatable bonds is 3. The van der Waals surface area contributed by atoms with E-state index in [2.05, 4.69) is 39.2 Å². The SMILES string of the molecule is Cc1ccc(O)cc1CN1Cc2c(Cl)nnc(N3CCNC[C@@H]3C)c2C1. The number of aromatic nitrogens is 2. The van der Waals surface area contributed by atoms with Gasteiger partial charge in [0.2, 0.25) is 0 Å². The second-order valence-corrected chi connectivity index (χ2v) is 7.63. The minimum absolute atomic E-state index is 0.305. The van der Waals surface area contributed by atoms with Crippen LogP contribution in [0.3, 0.4) is 0 Å². The summed E-state index contributed by atoms with van der Waals surface area (Å²) < 4.78 is 0. The van der Waals surface area contributed by atoms with Gasteiger partial charge in [0.15, 0.2) is 11.0 Å². The summed E-state index contributed by atoms with van der Waals surface area (Å²) in [5.41, 5.74) is 4.58. The Bertz CT molecular complexity index is 828. The number of phenolic OH excluding ortho intramolecular Hbond substituents is 1. The number of nitrogens with one attached hydrogen (secondary N) is 1. The number of aryl methyl sites for hydroxylation is 1. The zero-order chi connectivity index (χ0) is 18.3. The summed E-state index contributed by atoms with van der Waals surface area (Å²) in [6.07, 6.45) is 0. The molecule has 138 valence electrons. The van der Waals surface area contributed by atoms with Gasteiger partial charge in [-0.05, 0) is 37.1 Å². The summed E-state index contributed by atoms with van der Waals surface area (Å²) in [6.45, 7) is 9.43. The fraction of sp³-hybridized carbons (Fsp3) is 0.474. The number of piperazine rings is 1. The molecule has 0 saturated carbocycles. The highest BCUT2D eigenvalue weighted by atomic mass is 35.5. The first-order valence-corrected chi connectivity index (χ1v) is 9.43. The number of hydrogen-bond acceptors (Lipinski definition) is 6. The molecule has 1 aromatic heterocycles. The minimum Gasteiger partial charge on any atom is -0.508 e. The van der Waals surface area contributed by atoms with Gasteiger partial charge in [-0.3, -0.25) is 4.90 Å². The number of phenols is 1. The molecule has 0 spiro atoms. The van der Waals surface area contributed by atoms with Crippen molar-refractivity contribution >= 4 is 17.4 Å². The number of nitrogens with zero attached hydrogens (tertiary/aromatic N) is 4. The van der Waals surface area contributed by atoms with Gasteiger partial charge in [0.05, 0.1) is 0 Å². The highest BCUT2D eigenvalue weighted by Gasteiger charge is 2.30. The lowest BCUT2D eigenvalue weighted by Crippen LogP contribution is -2.50. The molecule has 1 fully saturated rings. The van der Waals surface area contributed by atoms with Crippen LogP contribution in [-0.4, -0.2) is 45.9 Å². The van der Waals surface area contributed by atoms with Gasteiger partial charge in [0.1, 0.15) is 5.75 Å². The molecule has 7 heteroatoms. The molecule has 2 N–H and O–H groups in total. The summed E-state index contributed by atoms with van der Waals surface area (Å²) >= 11 is 6.37. The van der Waals surface area contributed by atoms with Crippen LogP contribution in [0.4, 0.5) is 5.82 Å². The number of halogens is 1. The predicted octanol–water partition coefficient (Wildman–Crippen LogP) is 2.46. The van der Waals surface area contributed by atoms with E-state index < -0.39 is 0 Å². The largest absolute Gasteiger partial charge is 0.508 e. The van der Waals surface area contributed by atoms with Crippen LogP contribution in [-0.2, 0) is 19.6 Å². The molecule has 26 heavy (non-hydrogen) atoms. The molecule has 1 saturated heterocycles. The van der Waals surface area contributed by atoms with E-state index in [4.69, 9.17) is 11.6 Å². The van der Waals surface area contributed by atoms with Crippen molar-refractivity contribution in [2.45, 2.75) is 39.5 Å². The third-order valence-corrected chi connectivity index (χ3v) is 5.68. The number of aromatic hydroxyl groups is 1. The Morgan fingerprint density at radius 3 is 2.88 bits per heavy atom. The lowest BCUT2D eigenvalue weighted by molar-refractivity contribution is 0.274. The van der Waals surface area contributed by atoms with E-state index in [9.17, 15) is 5.11 Å². The average Bonchev–Trinajstić information content (AvgIpc) is 3.04. The van der Waals surface area contributed by atoms with Gasteiger partial charge >= 0.3 is 0 Å². The van der Waals surface area contributed by atoms with Crippen molar-refractivity contribution in [2.75, 3.05) is 24.5 Å². The first-order valence-electron chi connectivity index (χ1n) is 9.05. The summed E-state index contributed by atoms with van der Waals surface area (Å²) in [5, 5.41) is 22.4. The van der Waals surface area contributed by atoms with Crippen molar-refractivity contribution < 1.29 is 5.11 Å². The van der Waals surface area contributed by atoms with Gasteiger partial charge in [0.25, 0.3) is 0 Å². The Morgan fingerprint density at radius 2 is 2.08 bits per heavy atom. The molecule has 1 aromatic carbocycles. The van der Waals surface area contributed by atoms with Crippen LogP contribution < -0.4 is 10.2 Å². The Kier molecular flexibility index (Phi) is 4.73. The van der Waals surface area contributed by atoms with Crippen molar-refractivity contribution in [3.8, 4) is 5.75 Å². The number of benzene rings is 1. The van der Waals surface area contributed by atoms with Crippen molar-refractivity contribution in [1.29, 1.82) is 0 Å². The maximum atomic E-state index is 9.80. The van der Waals surface area contributed by atoms with Gasteiger partial charge in [-0.1, -0.05) is 17.7 Å². The van der Waals surface area contributed by atoms with Gasteiger partial charge in [-0.2, -0.15) is 0 Å². The van der Waals surface area contributed by atoms with Gasteiger partial charge in [-0.25, -0.2) is 0 Å². The third kappa shape index (κ3) is 3.24. The molecule has 6 nitrogen and oxygen atoms in total. The Morgan fingerprint density at radius 1 is 1.27 bits per heavy atom. The first-order chi connectivity index (χ1) is 12.5. The predicted molar refractivity (Wildman–Crippen MR) is 103 cm³/mol. The number of anilines is 1. The Balaban J connectivity index is 1.61. The Labute approximate surface area is 158 Å². The molecule has 0 radical (unpaired) electrons. The highest BCUT2D eigenvalue weighted by molar-refractivity contribution is 6.30. The van der Waals surface area contributed by atoms with E-state index in [0.717, 1.165) is 56.2 Å².